The molecule has 1 heterocycles. The number of nitrogens with zero attached hydrogens (tertiary/aromatic N) is 1. The second-order valence-electron chi connectivity index (χ2n) is 8.31. The molecule has 3 N–H and O–H groups in total. The summed E-state index contributed by atoms with van der Waals surface area (Å²) in [7, 11) is -3.47. The number of phenolic OH excluding ortho intramolecular Hbond substituents is 1. The van der Waals surface area contributed by atoms with Gasteiger partial charge in [0.2, 0.25) is 10.0 Å². The SMILES string of the molecule is Cc1ccc(C)c(S(=O)(=O)NCC2CCN(Cc3ccc(O)cc3)CC2)c1.O=C(O)C(F)(F)F. The number of nitrogens with one attached hydrogen (secondary N) is 1. The highest BCUT2D eigenvalue weighted by molar-refractivity contribution is 7.89. The van der Waals surface area contributed by atoms with E-state index in [1.165, 1.54) is 5.56 Å². The van der Waals surface area contributed by atoms with Crippen LogP contribution in [-0.2, 0) is 21.4 Å². The summed E-state index contributed by atoms with van der Waals surface area (Å²) in [6.45, 7) is 7.00. The Morgan fingerprint density at radius 3 is 2.18 bits per heavy atom. The van der Waals surface area contributed by atoms with Crippen molar-refractivity contribution in [2.45, 2.75) is 44.3 Å². The van der Waals surface area contributed by atoms with E-state index in [1.54, 1.807) is 18.2 Å². The summed E-state index contributed by atoms with van der Waals surface area (Å²) in [6, 6.07) is 12.8. The topological polar surface area (TPSA) is 107 Å². The van der Waals surface area contributed by atoms with E-state index in [9.17, 15) is 26.7 Å². The molecule has 11 heteroatoms. The number of carboxylic acid groups (broad SMARTS) is 1. The largest absolute Gasteiger partial charge is 0.508 e. The quantitative estimate of drug-likeness (QED) is 0.554. The zero-order chi connectivity index (χ0) is 25.5. The van der Waals surface area contributed by atoms with E-state index in [2.05, 4.69) is 9.62 Å². The number of benzene rings is 2. The minimum atomic E-state index is -5.08. The normalized spacial score (nSPS) is 15.4. The number of aryl methyl sites for hydroxylation is 2. The number of alkyl halides is 3. The van der Waals surface area contributed by atoms with Gasteiger partial charge in [0, 0.05) is 13.1 Å². The van der Waals surface area contributed by atoms with Crippen molar-refractivity contribution >= 4 is 16.0 Å². The molecular formula is C23H29F3N2O5S. The van der Waals surface area contributed by atoms with Crippen LogP contribution in [0, 0.1) is 19.8 Å². The zero-order valence-electron chi connectivity index (χ0n) is 19.0. The van der Waals surface area contributed by atoms with E-state index in [1.807, 2.05) is 38.1 Å². The van der Waals surface area contributed by atoms with Crippen LogP contribution in [0.3, 0.4) is 0 Å². The molecule has 0 atom stereocenters. The fourth-order valence-corrected chi connectivity index (χ4v) is 4.95. The van der Waals surface area contributed by atoms with Gasteiger partial charge in [-0.2, -0.15) is 13.2 Å². The van der Waals surface area contributed by atoms with Gasteiger partial charge in [0.1, 0.15) is 5.75 Å². The number of hydrogen-bond donors (Lipinski definition) is 3. The first kappa shape index (κ1) is 27.6. The molecule has 0 saturated carbocycles. The lowest BCUT2D eigenvalue weighted by Gasteiger charge is -2.32. The molecule has 7 nitrogen and oxygen atoms in total. The monoisotopic (exact) mass is 502 g/mol. The number of likely N-dealkylation sites (tertiary alicyclic amines) is 1. The van der Waals surface area contributed by atoms with Crippen LogP contribution in [-0.4, -0.2) is 55.3 Å². The van der Waals surface area contributed by atoms with Crippen LogP contribution in [0.25, 0.3) is 0 Å². The summed E-state index contributed by atoms with van der Waals surface area (Å²) in [4.78, 5) is 11.7. The van der Waals surface area contributed by atoms with Crippen molar-refractivity contribution in [2.24, 2.45) is 5.92 Å². The molecule has 2 aromatic carbocycles. The highest BCUT2D eigenvalue weighted by Gasteiger charge is 2.38. The number of rotatable bonds is 6. The maximum Gasteiger partial charge on any atom is 0.490 e. The maximum absolute atomic E-state index is 12.6. The second kappa shape index (κ2) is 11.7. The number of piperidine rings is 1. The number of carboxylic acids is 1. The predicted octanol–water partition coefficient (Wildman–Crippen LogP) is 3.83. The van der Waals surface area contributed by atoms with Gasteiger partial charge >= 0.3 is 12.1 Å². The van der Waals surface area contributed by atoms with Crippen LogP contribution in [0.15, 0.2) is 47.4 Å². The Morgan fingerprint density at radius 2 is 1.65 bits per heavy atom. The molecule has 1 saturated heterocycles. The van der Waals surface area contributed by atoms with E-state index in [-0.39, 0.29) is 5.75 Å². The average Bonchev–Trinajstić information content (AvgIpc) is 2.76. The van der Waals surface area contributed by atoms with Gasteiger partial charge < -0.3 is 10.2 Å². The van der Waals surface area contributed by atoms with Crippen molar-refractivity contribution in [3.05, 3.63) is 59.2 Å². The number of phenols is 1. The molecular weight excluding hydrogens is 473 g/mol. The minimum absolute atomic E-state index is 0.286. The van der Waals surface area contributed by atoms with Gasteiger partial charge in [-0.1, -0.05) is 24.3 Å². The van der Waals surface area contributed by atoms with Gasteiger partial charge in [0.05, 0.1) is 4.90 Å². The van der Waals surface area contributed by atoms with Crippen molar-refractivity contribution < 1.29 is 36.6 Å². The predicted molar refractivity (Wildman–Crippen MR) is 121 cm³/mol. The molecule has 0 spiro atoms. The first-order chi connectivity index (χ1) is 15.8. The lowest BCUT2D eigenvalue weighted by Crippen LogP contribution is -2.38. The highest BCUT2D eigenvalue weighted by atomic mass is 32.2. The van der Waals surface area contributed by atoms with E-state index >= 15 is 0 Å². The van der Waals surface area contributed by atoms with E-state index in [0.717, 1.165) is 43.6 Å². The summed E-state index contributed by atoms with van der Waals surface area (Å²) < 4.78 is 59.8. The maximum atomic E-state index is 12.6. The number of halogens is 3. The molecule has 0 aliphatic carbocycles. The molecule has 0 amide bonds. The molecule has 188 valence electrons. The Balaban J connectivity index is 0.000000509. The Labute approximate surface area is 197 Å². The number of aliphatic carboxylic acids is 1. The van der Waals surface area contributed by atoms with Gasteiger partial charge in [-0.25, -0.2) is 17.9 Å². The van der Waals surface area contributed by atoms with E-state index < -0.39 is 22.2 Å². The van der Waals surface area contributed by atoms with Crippen LogP contribution in [0.2, 0.25) is 0 Å². The smallest absolute Gasteiger partial charge is 0.490 e. The molecule has 34 heavy (non-hydrogen) atoms. The summed E-state index contributed by atoms with van der Waals surface area (Å²) >= 11 is 0. The van der Waals surface area contributed by atoms with Gasteiger partial charge in [-0.05, 0) is 80.6 Å². The van der Waals surface area contributed by atoms with Crippen LogP contribution < -0.4 is 4.72 Å². The van der Waals surface area contributed by atoms with E-state index in [4.69, 9.17) is 9.90 Å². The summed E-state index contributed by atoms with van der Waals surface area (Å²) in [5, 5.41) is 16.5. The molecule has 0 aromatic heterocycles. The van der Waals surface area contributed by atoms with Gasteiger partial charge in [-0.15, -0.1) is 0 Å². The van der Waals surface area contributed by atoms with Crippen molar-refractivity contribution in [3.63, 3.8) is 0 Å². The number of aromatic hydroxyl groups is 1. The fraction of sp³-hybridized carbons (Fsp3) is 0.435. The van der Waals surface area contributed by atoms with Gasteiger partial charge in [-0.3, -0.25) is 4.90 Å². The second-order valence-corrected chi connectivity index (χ2v) is 10.0. The fourth-order valence-electron chi connectivity index (χ4n) is 3.51. The molecule has 0 radical (unpaired) electrons. The summed E-state index contributed by atoms with van der Waals surface area (Å²) in [6.07, 6.45) is -3.12. The van der Waals surface area contributed by atoms with Crippen LogP contribution in [0.5, 0.6) is 5.75 Å². The Kier molecular flexibility index (Phi) is 9.48. The average molecular weight is 503 g/mol. The standard InChI is InChI=1S/C21H28N2O3S.C2HF3O2/c1-16-3-4-17(2)21(13-16)27(25,26)22-14-18-9-11-23(12-10-18)15-19-5-7-20(24)8-6-19;3-2(4,5)1(6)7/h3-8,13,18,22,24H,9-12,14-15H2,1-2H3;(H,6,7). The number of sulfonamides is 1. The lowest BCUT2D eigenvalue weighted by atomic mass is 9.97. The van der Waals surface area contributed by atoms with Gasteiger partial charge in [0.25, 0.3) is 0 Å². The molecule has 1 aliphatic heterocycles. The number of hydrogen-bond acceptors (Lipinski definition) is 5. The molecule has 3 rings (SSSR count). The van der Waals surface area contributed by atoms with Crippen LogP contribution >= 0.6 is 0 Å². The Hall–Kier alpha value is -2.63. The molecule has 2 aromatic rings. The summed E-state index contributed by atoms with van der Waals surface area (Å²) in [5.74, 6) is -2.11. The molecule has 0 bridgehead atoms. The summed E-state index contributed by atoms with van der Waals surface area (Å²) in [5.41, 5.74) is 2.90. The van der Waals surface area contributed by atoms with Crippen LogP contribution in [0.4, 0.5) is 13.2 Å². The molecule has 1 aliphatic rings. The Morgan fingerprint density at radius 1 is 1.09 bits per heavy atom. The zero-order valence-corrected chi connectivity index (χ0v) is 19.8. The van der Waals surface area contributed by atoms with Crippen molar-refractivity contribution in [1.29, 1.82) is 0 Å². The first-order valence-electron chi connectivity index (χ1n) is 10.6. The van der Waals surface area contributed by atoms with Crippen molar-refractivity contribution in [1.82, 2.24) is 9.62 Å². The molecule has 0 unspecified atom stereocenters. The number of carbonyl (C=O) groups is 1. The third kappa shape index (κ3) is 8.62. The van der Waals surface area contributed by atoms with Crippen LogP contribution in [0.1, 0.15) is 29.5 Å². The minimum Gasteiger partial charge on any atom is -0.508 e. The first-order valence-corrected chi connectivity index (χ1v) is 12.1. The lowest BCUT2D eigenvalue weighted by molar-refractivity contribution is -0.192. The van der Waals surface area contributed by atoms with E-state index in [0.29, 0.717) is 17.4 Å². The van der Waals surface area contributed by atoms with Crippen molar-refractivity contribution in [2.75, 3.05) is 19.6 Å². The third-order valence-corrected chi connectivity index (χ3v) is 7.05. The van der Waals surface area contributed by atoms with Gasteiger partial charge in [0.15, 0.2) is 0 Å². The van der Waals surface area contributed by atoms with Crippen molar-refractivity contribution in [3.8, 4) is 5.75 Å². The Bertz CT molecular complexity index is 1070. The molecule has 1 fully saturated rings. The highest BCUT2D eigenvalue weighted by Crippen LogP contribution is 2.21. The third-order valence-electron chi connectivity index (χ3n) is 5.49.